The Hall–Kier alpha value is -2.29. The van der Waals surface area contributed by atoms with E-state index in [1.165, 1.54) is 12.1 Å². The van der Waals surface area contributed by atoms with Crippen LogP contribution in [0.15, 0.2) is 60.2 Å². The van der Waals surface area contributed by atoms with Crippen molar-refractivity contribution in [2.75, 3.05) is 0 Å². The van der Waals surface area contributed by atoms with Gasteiger partial charge in [-0.3, -0.25) is 0 Å². The zero-order valence-corrected chi connectivity index (χ0v) is 14.9. The summed E-state index contributed by atoms with van der Waals surface area (Å²) >= 11 is 5.73. The van der Waals surface area contributed by atoms with Crippen molar-refractivity contribution in [1.29, 1.82) is 0 Å². The first-order chi connectivity index (χ1) is 12.3. The summed E-state index contributed by atoms with van der Waals surface area (Å²) < 4.78 is 48.0. The molecule has 138 valence electrons. The van der Waals surface area contributed by atoms with Gasteiger partial charge in [0.05, 0.1) is 5.02 Å². The van der Waals surface area contributed by atoms with E-state index in [0.717, 1.165) is 6.07 Å². The maximum Gasteiger partial charge on any atom is 0.313 e. The van der Waals surface area contributed by atoms with Gasteiger partial charge in [-0.05, 0) is 23.3 Å². The van der Waals surface area contributed by atoms with Crippen molar-refractivity contribution in [1.82, 2.24) is 0 Å². The number of rotatable bonds is 5. The minimum absolute atomic E-state index is 0.164. The molecule has 2 aromatic carbocycles. The van der Waals surface area contributed by atoms with E-state index < -0.39 is 39.7 Å². The second-order valence-corrected chi connectivity index (χ2v) is 7.63. The molecular weight excluding hydrogens is 385 g/mol. The summed E-state index contributed by atoms with van der Waals surface area (Å²) in [6, 6.07) is 12.1. The van der Waals surface area contributed by atoms with Gasteiger partial charge in [-0.15, -0.1) is 0 Å². The van der Waals surface area contributed by atoms with E-state index in [-0.39, 0.29) is 10.9 Å². The highest BCUT2D eigenvalue weighted by atomic mass is 35.5. The molecule has 0 saturated heterocycles. The molecule has 2 aromatic rings. The summed E-state index contributed by atoms with van der Waals surface area (Å²) in [5.41, 5.74) is 6.51. The molecule has 0 spiro atoms. The molecule has 0 fully saturated rings. The molecule has 2 atom stereocenters. The quantitative estimate of drug-likeness (QED) is 0.750. The Morgan fingerprint density at radius 3 is 2.58 bits per heavy atom. The summed E-state index contributed by atoms with van der Waals surface area (Å²) in [7, 11) is -4.07. The third-order valence-corrected chi connectivity index (χ3v) is 5.14. The van der Waals surface area contributed by atoms with Gasteiger partial charge < -0.3 is 19.8 Å². The minimum atomic E-state index is -4.07. The Morgan fingerprint density at radius 1 is 1.23 bits per heavy atom. The second-order valence-electron chi connectivity index (χ2n) is 5.66. The van der Waals surface area contributed by atoms with Crippen molar-refractivity contribution < 1.29 is 26.8 Å². The number of nitrogens with two attached hydrogens (primary N) is 1. The zero-order chi connectivity index (χ0) is 18.9. The molecule has 0 bridgehead atoms. The maximum absolute atomic E-state index is 13.3. The molecule has 0 aliphatic carbocycles. The van der Waals surface area contributed by atoms with Crippen LogP contribution in [0.1, 0.15) is 17.2 Å². The number of hydrogen-bond acceptors (Lipinski definition) is 6. The Balaban J connectivity index is 1.78. The molecule has 0 saturated carbocycles. The Morgan fingerprint density at radius 2 is 1.92 bits per heavy atom. The van der Waals surface area contributed by atoms with Gasteiger partial charge >= 0.3 is 10.1 Å². The van der Waals surface area contributed by atoms with Crippen LogP contribution in [0.4, 0.5) is 4.39 Å². The molecule has 1 heterocycles. The second kappa shape index (κ2) is 7.14. The predicted molar refractivity (Wildman–Crippen MR) is 92.6 cm³/mol. The molecule has 0 radical (unpaired) electrons. The van der Waals surface area contributed by atoms with Gasteiger partial charge in [-0.1, -0.05) is 48.0 Å². The normalized spacial score (nSPS) is 20.1. The fourth-order valence-electron chi connectivity index (χ4n) is 2.52. The molecule has 26 heavy (non-hydrogen) atoms. The van der Waals surface area contributed by atoms with Gasteiger partial charge in [0.1, 0.15) is 11.6 Å². The molecule has 6 nitrogen and oxygen atoms in total. The van der Waals surface area contributed by atoms with E-state index in [1.54, 1.807) is 30.3 Å². The van der Waals surface area contributed by atoms with Crippen LogP contribution in [0, 0.1) is 5.82 Å². The molecule has 9 heteroatoms. The fourth-order valence-corrected chi connectivity index (χ4v) is 3.82. The van der Waals surface area contributed by atoms with Crippen LogP contribution in [-0.4, -0.2) is 19.6 Å². The molecule has 1 aliphatic heterocycles. The third-order valence-electron chi connectivity index (χ3n) is 3.73. The number of hydrogen-bond donors (Lipinski definition) is 2. The van der Waals surface area contributed by atoms with E-state index in [1.807, 2.05) is 0 Å². The fraction of sp³-hybridized carbons (Fsp3) is 0.176. The highest BCUT2D eigenvalue weighted by Crippen LogP contribution is 2.37. The highest BCUT2D eigenvalue weighted by molar-refractivity contribution is 7.86. The maximum atomic E-state index is 13.3. The van der Waals surface area contributed by atoms with Gasteiger partial charge in [0.15, 0.2) is 12.2 Å². The lowest BCUT2D eigenvalue weighted by Crippen LogP contribution is -2.21. The van der Waals surface area contributed by atoms with Crippen molar-refractivity contribution >= 4 is 21.7 Å². The molecule has 1 aliphatic rings. The minimum Gasteiger partial charge on any atom is -0.465 e. The van der Waals surface area contributed by atoms with Crippen molar-refractivity contribution in [2.45, 2.75) is 18.0 Å². The van der Waals surface area contributed by atoms with Gasteiger partial charge in [0.25, 0.3) is 0 Å². The van der Waals surface area contributed by atoms with Crippen LogP contribution in [0.25, 0.3) is 0 Å². The van der Waals surface area contributed by atoms with Crippen LogP contribution in [0.3, 0.4) is 0 Å². The van der Waals surface area contributed by atoms with Gasteiger partial charge in [-0.25, -0.2) is 4.39 Å². The monoisotopic (exact) mass is 399 g/mol. The average molecular weight is 400 g/mol. The summed E-state index contributed by atoms with van der Waals surface area (Å²) in [5, 5.41) is 10.2. The van der Waals surface area contributed by atoms with Crippen LogP contribution in [-0.2, 0) is 24.8 Å². The molecule has 2 unspecified atom stereocenters. The summed E-state index contributed by atoms with van der Waals surface area (Å²) in [6.07, 6.45) is -2.54. The number of ether oxygens (including phenoxy) is 1. The van der Waals surface area contributed by atoms with Crippen LogP contribution in [0.2, 0.25) is 5.02 Å². The van der Waals surface area contributed by atoms with Crippen molar-refractivity contribution in [2.24, 2.45) is 5.73 Å². The summed E-state index contributed by atoms with van der Waals surface area (Å²) in [5.74, 6) is -1.80. The smallest absolute Gasteiger partial charge is 0.313 e. The lowest BCUT2D eigenvalue weighted by molar-refractivity contribution is 0.0407. The lowest BCUT2D eigenvalue weighted by atomic mass is 10.0. The Bertz CT molecular complexity index is 949. The molecule has 3 N–H and O–H groups in total. The van der Waals surface area contributed by atoms with Crippen molar-refractivity contribution in [3.63, 3.8) is 0 Å². The first-order valence-electron chi connectivity index (χ1n) is 7.52. The largest absolute Gasteiger partial charge is 0.465 e. The summed E-state index contributed by atoms with van der Waals surface area (Å²) in [6.45, 7) is 0. The number of benzene rings is 2. The van der Waals surface area contributed by atoms with Gasteiger partial charge in [0, 0.05) is 0 Å². The van der Waals surface area contributed by atoms with Crippen molar-refractivity contribution in [3.05, 3.63) is 82.1 Å². The highest BCUT2D eigenvalue weighted by Gasteiger charge is 2.40. The molecule has 0 amide bonds. The molecular formula is C17H15ClFNO5S. The standard InChI is InChI=1S/C17H15ClFNO5S/c18-12-8-11(6-7-13(12)19)15-14(21)16(17(20)24-15)25-26(22,23)9-10-4-2-1-3-5-10/h1-8,14-15,21H,9,20H2. The number of aliphatic hydroxyl groups is 1. The van der Waals surface area contributed by atoms with E-state index >= 15 is 0 Å². The Kier molecular flexibility index (Phi) is 5.08. The van der Waals surface area contributed by atoms with Gasteiger partial charge in [0.2, 0.25) is 11.6 Å². The first kappa shape index (κ1) is 18.5. The van der Waals surface area contributed by atoms with Crippen LogP contribution >= 0.6 is 11.6 Å². The summed E-state index contributed by atoms with van der Waals surface area (Å²) in [4.78, 5) is 0. The van der Waals surface area contributed by atoms with E-state index in [0.29, 0.717) is 11.1 Å². The average Bonchev–Trinajstić information content (AvgIpc) is 2.85. The van der Waals surface area contributed by atoms with Crippen LogP contribution < -0.4 is 5.73 Å². The predicted octanol–water partition coefficient (Wildman–Crippen LogP) is 2.59. The molecule has 3 rings (SSSR count). The third kappa shape index (κ3) is 3.92. The van der Waals surface area contributed by atoms with Gasteiger partial charge in [-0.2, -0.15) is 8.42 Å². The lowest BCUT2D eigenvalue weighted by Gasteiger charge is -2.16. The van der Waals surface area contributed by atoms with E-state index in [9.17, 15) is 17.9 Å². The SMILES string of the molecule is NC1=C(OS(=O)(=O)Cc2ccccc2)C(O)C(c2ccc(F)c(Cl)c2)O1. The van der Waals surface area contributed by atoms with E-state index in [4.69, 9.17) is 26.3 Å². The number of halogens is 2. The Labute approximate surface area is 154 Å². The topological polar surface area (TPSA) is 98.9 Å². The van der Waals surface area contributed by atoms with E-state index in [2.05, 4.69) is 0 Å². The number of aliphatic hydroxyl groups excluding tert-OH is 1. The first-order valence-corrected chi connectivity index (χ1v) is 9.48. The van der Waals surface area contributed by atoms with Crippen LogP contribution in [0.5, 0.6) is 0 Å². The van der Waals surface area contributed by atoms with Crippen molar-refractivity contribution in [3.8, 4) is 0 Å². The molecule has 0 aromatic heterocycles. The zero-order valence-electron chi connectivity index (χ0n) is 13.3.